The Bertz CT molecular complexity index is 1220. The third-order valence-corrected chi connectivity index (χ3v) is 6.13. The third-order valence-electron chi connectivity index (χ3n) is 5.57. The molecule has 1 fully saturated rings. The molecule has 0 saturated carbocycles. The molecule has 0 amide bonds. The van der Waals surface area contributed by atoms with Crippen LogP contribution in [0.3, 0.4) is 0 Å². The highest BCUT2D eigenvalue weighted by atomic mass is 35.5. The molecule has 4 nitrogen and oxygen atoms in total. The highest BCUT2D eigenvalue weighted by molar-refractivity contribution is 7.80. The van der Waals surface area contributed by atoms with Crippen LogP contribution in [0.4, 0.5) is 5.69 Å². The summed E-state index contributed by atoms with van der Waals surface area (Å²) in [5.41, 5.74) is 5.40. The second kappa shape index (κ2) is 8.17. The van der Waals surface area contributed by atoms with Crippen LogP contribution in [-0.2, 0) is 0 Å². The summed E-state index contributed by atoms with van der Waals surface area (Å²) in [6.45, 7) is 2.11. The molecule has 6 heteroatoms. The minimum Gasteiger partial charge on any atom is -0.351 e. The smallest absolute Gasteiger partial charge is 0.174 e. The van der Waals surface area contributed by atoms with Crippen LogP contribution in [-0.4, -0.2) is 14.7 Å². The van der Waals surface area contributed by atoms with Gasteiger partial charge in [-0.05, 0) is 85.4 Å². The minimum absolute atomic E-state index is 0.0842. The average molecular weight is 445 g/mol. The first-order chi connectivity index (χ1) is 15.1. The van der Waals surface area contributed by atoms with Gasteiger partial charge in [-0.2, -0.15) is 0 Å². The lowest BCUT2D eigenvalue weighted by Gasteiger charge is -2.29. The maximum Gasteiger partial charge on any atom is 0.174 e. The van der Waals surface area contributed by atoms with Crippen LogP contribution >= 0.6 is 23.8 Å². The van der Waals surface area contributed by atoms with Crippen molar-refractivity contribution >= 4 is 34.6 Å². The van der Waals surface area contributed by atoms with E-state index in [0.717, 1.165) is 22.8 Å². The number of hydrogen-bond donors (Lipinski definition) is 1. The van der Waals surface area contributed by atoms with Gasteiger partial charge in [0.15, 0.2) is 5.11 Å². The van der Waals surface area contributed by atoms with Gasteiger partial charge in [0.2, 0.25) is 0 Å². The van der Waals surface area contributed by atoms with Gasteiger partial charge in [-0.25, -0.2) is 0 Å². The molecule has 0 bridgehead atoms. The Morgan fingerprint density at radius 1 is 0.935 bits per heavy atom. The quantitative estimate of drug-likeness (QED) is 0.391. The lowest BCUT2D eigenvalue weighted by atomic mass is 10.0. The Hall–Kier alpha value is -3.15. The van der Waals surface area contributed by atoms with Crippen LogP contribution in [0.15, 0.2) is 91.3 Å². The number of aryl methyl sites for hydroxylation is 1. The number of aromatic nitrogens is 2. The maximum absolute atomic E-state index is 6.15. The summed E-state index contributed by atoms with van der Waals surface area (Å²) in [6, 6.07) is 26.3. The maximum atomic E-state index is 6.15. The van der Waals surface area contributed by atoms with Crippen molar-refractivity contribution in [2.45, 2.75) is 19.0 Å². The molecule has 0 unspecified atom stereocenters. The van der Waals surface area contributed by atoms with Crippen molar-refractivity contribution in [3.63, 3.8) is 0 Å². The number of rotatable bonds is 4. The van der Waals surface area contributed by atoms with Gasteiger partial charge >= 0.3 is 0 Å². The molecule has 2 atom stereocenters. The van der Waals surface area contributed by atoms with Crippen LogP contribution in [0.1, 0.15) is 29.0 Å². The van der Waals surface area contributed by atoms with Gasteiger partial charge < -0.3 is 14.8 Å². The lowest BCUT2D eigenvalue weighted by Crippen LogP contribution is -2.30. The van der Waals surface area contributed by atoms with Gasteiger partial charge in [0.05, 0.1) is 11.7 Å². The predicted molar refractivity (Wildman–Crippen MR) is 130 cm³/mol. The molecule has 0 radical (unpaired) electrons. The molecule has 5 rings (SSSR count). The van der Waals surface area contributed by atoms with Crippen LogP contribution in [0.2, 0.25) is 5.02 Å². The van der Waals surface area contributed by atoms with Gasteiger partial charge in [0.25, 0.3) is 0 Å². The van der Waals surface area contributed by atoms with Gasteiger partial charge in [-0.1, -0.05) is 29.8 Å². The van der Waals surface area contributed by atoms with Crippen molar-refractivity contribution in [1.29, 1.82) is 0 Å². The molecule has 1 N–H and O–H groups in total. The molecule has 1 saturated heterocycles. The van der Waals surface area contributed by atoms with Crippen LogP contribution in [0, 0.1) is 6.92 Å². The van der Waals surface area contributed by atoms with Crippen molar-refractivity contribution in [1.82, 2.24) is 14.9 Å². The van der Waals surface area contributed by atoms with E-state index in [1.165, 1.54) is 5.56 Å². The molecule has 4 aromatic rings. The molecule has 1 aliphatic heterocycles. The average Bonchev–Trinajstić information content (AvgIpc) is 3.39. The highest BCUT2D eigenvalue weighted by Gasteiger charge is 2.42. The second-order valence-electron chi connectivity index (χ2n) is 7.62. The summed E-state index contributed by atoms with van der Waals surface area (Å²) in [7, 11) is 0. The van der Waals surface area contributed by atoms with Crippen molar-refractivity contribution in [3.8, 4) is 5.69 Å². The third kappa shape index (κ3) is 3.71. The largest absolute Gasteiger partial charge is 0.351 e. The Morgan fingerprint density at radius 3 is 2.52 bits per heavy atom. The van der Waals surface area contributed by atoms with E-state index in [1.54, 1.807) is 0 Å². The van der Waals surface area contributed by atoms with E-state index >= 15 is 0 Å². The number of thiocarbonyl (C=S) groups is 1. The molecule has 31 heavy (non-hydrogen) atoms. The van der Waals surface area contributed by atoms with Crippen molar-refractivity contribution in [3.05, 3.63) is 113 Å². The van der Waals surface area contributed by atoms with Gasteiger partial charge in [0, 0.05) is 34.5 Å². The monoisotopic (exact) mass is 444 g/mol. The number of nitrogens with zero attached hydrogens (tertiary/aromatic N) is 3. The molecule has 2 aromatic carbocycles. The standard InChI is InChI=1S/C25H21ClN4S/c1-17-6-4-7-20(16-17)29-15-5-9-22(29)24-23(21-8-2-3-14-27-21)28-25(31)30(24)19-12-10-18(26)11-13-19/h2-16,23-24H,1H3,(H,28,31)/t23-,24+/m0/s1. The van der Waals surface area contributed by atoms with Gasteiger partial charge in [-0.15, -0.1) is 0 Å². The van der Waals surface area contributed by atoms with Crippen LogP contribution in [0.5, 0.6) is 0 Å². The first-order valence-electron chi connectivity index (χ1n) is 10.1. The minimum atomic E-state index is -0.0946. The first-order valence-corrected chi connectivity index (χ1v) is 10.9. The van der Waals surface area contributed by atoms with Gasteiger partial charge in [-0.3, -0.25) is 4.98 Å². The number of nitrogens with one attached hydrogen (secondary N) is 1. The van der Waals surface area contributed by atoms with Crippen molar-refractivity contribution in [2.75, 3.05) is 4.90 Å². The number of benzene rings is 2. The Balaban J connectivity index is 1.67. The number of anilines is 1. The normalized spacial score (nSPS) is 18.3. The van der Waals surface area contributed by atoms with E-state index < -0.39 is 0 Å². The molecular formula is C25H21ClN4S. The zero-order chi connectivity index (χ0) is 21.4. The molecular weight excluding hydrogens is 424 g/mol. The topological polar surface area (TPSA) is 33.1 Å². The molecule has 1 aliphatic rings. The zero-order valence-corrected chi connectivity index (χ0v) is 18.5. The lowest BCUT2D eigenvalue weighted by molar-refractivity contribution is 0.549. The first kappa shape index (κ1) is 19.8. The van der Waals surface area contributed by atoms with Crippen molar-refractivity contribution < 1.29 is 0 Å². The van der Waals surface area contributed by atoms with Crippen LogP contribution < -0.4 is 10.2 Å². The van der Waals surface area contributed by atoms with E-state index in [0.29, 0.717) is 10.1 Å². The van der Waals surface area contributed by atoms with Crippen molar-refractivity contribution in [2.24, 2.45) is 0 Å². The summed E-state index contributed by atoms with van der Waals surface area (Å²) in [5, 5.41) is 4.87. The van der Waals surface area contributed by atoms with E-state index in [2.05, 4.69) is 69.3 Å². The number of hydrogen-bond acceptors (Lipinski definition) is 2. The fourth-order valence-corrected chi connectivity index (χ4v) is 4.66. The Morgan fingerprint density at radius 2 is 1.77 bits per heavy atom. The Kier molecular flexibility index (Phi) is 5.22. The fraction of sp³-hybridized carbons (Fsp3) is 0.120. The molecule has 0 aliphatic carbocycles. The Labute approximate surface area is 192 Å². The summed E-state index contributed by atoms with van der Waals surface area (Å²) in [6.07, 6.45) is 3.92. The summed E-state index contributed by atoms with van der Waals surface area (Å²) in [4.78, 5) is 6.79. The van der Waals surface area contributed by atoms with Gasteiger partial charge in [0.1, 0.15) is 6.04 Å². The summed E-state index contributed by atoms with van der Waals surface area (Å²) < 4.78 is 2.23. The summed E-state index contributed by atoms with van der Waals surface area (Å²) >= 11 is 12.0. The van der Waals surface area contributed by atoms with E-state index in [9.17, 15) is 0 Å². The number of pyridine rings is 1. The number of halogens is 1. The fourth-order valence-electron chi connectivity index (χ4n) is 4.18. The van der Waals surface area contributed by atoms with E-state index in [1.807, 2.05) is 48.7 Å². The molecule has 3 heterocycles. The second-order valence-corrected chi connectivity index (χ2v) is 8.44. The molecule has 0 spiro atoms. The van der Waals surface area contributed by atoms with E-state index in [4.69, 9.17) is 23.8 Å². The summed E-state index contributed by atoms with van der Waals surface area (Å²) in [5.74, 6) is 0. The SMILES string of the molecule is Cc1cccc(-n2cccc2[C@@H]2[C@H](c3ccccn3)NC(=S)N2c2ccc(Cl)cc2)c1. The molecule has 154 valence electrons. The zero-order valence-electron chi connectivity index (χ0n) is 16.9. The van der Waals surface area contributed by atoms with E-state index in [-0.39, 0.29) is 12.1 Å². The van der Waals surface area contributed by atoms with Crippen LogP contribution in [0.25, 0.3) is 5.69 Å². The predicted octanol–water partition coefficient (Wildman–Crippen LogP) is 6.01. The molecule has 2 aromatic heterocycles. The highest BCUT2D eigenvalue weighted by Crippen LogP contribution is 2.42.